The molecule has 2 unspecified atom stereocenters. The van der Waals surface area contributed by atoms with Crippen LogP contribution < -0.4 is 0 Å². The molecule has 1 aliphatic rings. The number of nitrogens with zero attached hydrogens (tertiary/aromatic N) is 4. The van der Waals surface area contributed by atoms with Crippen molar-refractivity contribution in [2.75, 3.05) is 33.4 Å². The molecule has 1 saturated heterocycles. The number of piperazine rings is 1. The zero-order valence-corrected chi connectivity index (χ0v) is 17.1. The maximum absolute atomic E-state index is 12.7. The molecule has 27 heavy (non-hydrogen) atoms. The summed E-state index contributed by atoms with van der Waals surface area (Å²) in [5.74, 6) is 0.219. The maximum atomic E-state index is 12.7. The van der Waals surface area contributed by atoms with Gasteiger partial charge in [0.25, 0.3) is 0 Å². The van der Waals surface area contributed by atoms with Crippen LogP contribution in [0.25, 0.3) is 10.6 Å². The van der Waals surface area contributed by atoms with E-state index >= 15 is 0 Å². The number of hydrogen-bond donors (Lipinski definition) is 0. The molecule has 2 aromatic rings. The first kappa shape index (κ1) is 19.9. The highest BCUT2D eigenvalue weighted by atomic mass is 32.1. The zero-order valence-electron chi connectivity index (χ0n) is 16.3. The van der Waals surface area contributed by atoms with Crippen LogP contribution in [0, 0.1) is 0 Å². The molecular formula is C20H28N4O2S. The van der Waals surface area contributed by atoms with Gasteiger partial charge in [0.1, 0.15) is 5.01 Å². The molecule has 146 valence electrons. The second kappa shape index (κ2) is 9.39. The number of pyridine rings is 1. The van der Waals surface area contributed by atoms with Crippen molar-refractivity contribution in [2.45, 2.75) is 38.8 Å². The third-order valence-electron chi connectivity index (χ3n) is 5.06. The molecule has 6 nitrogen and oxygen atoms in total. The summed E-state index contributed by atoms with van der Waals surface area (Å²) in [5.41, 5.74) is 2.00. The molecule has 2 aromatic heterocycles. The van der Waals surface area contributed by atoms with E-state index in [2.05, 4.69) is 28.7 Å². The van der Waals surface area contributed by atoms with Crippen LogP contribution in [0.1, 0.15) is 26.0 Å². The van der Waals surface area contributed by atoms with Gasteiger partial charge in [0.2, 0.25) is 5.91 Å². The van der Waals surface area contributed by atoms with E-state index in [-0.39, 0.29) is 5.91 Å². The lowest BCUT2D eigenvalue weighted by atomic mass is 10.1. The Morgan fingerprint density at radius 2 is 2.11 bits per heavy atom. The van der Waals surface area contributed by atoms with Gasteiger partial charge in [0.05, 0.1) is 12.3 Å². The van der Waals surface area contributed by atoms with Crippen LogP contribution in [-0.2, 0) is 16.0 Å². The number of ether oxygens (including phenoxy) is 1. The first-order valence-corrected chi connectivity index (χ1v) is 10.3. The monoisotopic (exact) mass is 388 g/mol. The van der Waals surface area contributed by atoms with E-state index in [1.165, 1.54) is 0 Å². The summed E-state index contributed by atoms with van der Waals surface area (Å²) in [6.07, 6.45) is 4.77. The van der Waals surface area contributed by atoms with Crippen molar-refractivity contribution in [3.8, 4) is 10.6 Å². The smallest absolute Gasteiger partial charge is 0.223 e. The Kier molecular flexibility index (Phi) is 6.93. The van der Waals surface area contributed by atoms with Crippen molar-refractivity contribution in [3.05, 3.63) is 35.6 Å². The summed E-state index contributed by atoms with van der Waals surface area (Å²) in [6.45, 7) is 7.58. The van der Waals surface area contributed by atoms with E-state index in [0.29, 0.717) is 24.9 Å². The molecule has 0 aliphatic carbocycles. The number of aromatic nitrogens is 2. The largest absolute Gasteiger partial charge is 0.383 e. The molecule has 1 fully saturated rings. The molecule has 0 radical (unpaired) electrons. The third kappa shape index (κ3) is 5.12. The Labute approximate surface area is 165 Å². The molecule has 0 N–H and O–H groups in total. The van der Waals surface area contributed by atoms with Crippen molar-refractivity contribution in [1.82, 2.24) is 19.8 Å². The van der Waals surface area contributed by atoms with Gasteiger partial charge >= 0.3 is 0 Å². The molecule has 0 aromatic carbocycles. The molecule has 1 aliphatic heterocycles. The number of aryl methyl sites for hydroxylation is 1. The highest BCUT2D eigenvalue weighted by Crippen LogP contribution is 2.23. The number of carbonyl (C=O) groups excluding carboxylic acids is 1. The molecule has 0 saturated carbocycles. The van der Waals surface area contributed by atoms with E-state index < -0.39 is 0 Å². The summed E-state index contributed by atoms with van der Waals surface area (Å²) in [6, 6.07) is 4.62. The van der Waals surface area contributed by atoms with Crippen LogP contribution in [0.5, 0.6) is 0 Å². The fourth-order valence-electron chi connectivity index (χ4n) is 3.63. The van der Waals surface area contributed by atoms with E-state index in [9.17, 15) is 4.79 Å². The van der Waals surface area contributed by atoms with E-state index in [0.717, 1.165) is 42.5 Å². The normalized spacial score (nSPS) is 20.8. The van der Waals surface area contributed by atoms with Crippen molar-refractivity contribution >= 4 is 17.2 Å². The van der Waals surface area contributed by atoms with Crippen LogP contribution in [0.4, 0.5) is 0 Å². The van der Waals surface area contributed by atoms with Gasteiger partial charge in [0.15, 0.2) is 0 Å². The standard InChI is InChI=1S/C20H28N4O2S/c1-15-12-23(13-16(2)24(15)9-10-26-3)19(25)7-6-18-14-27-20(22-18)17-5-4-8-21-11-17/h4-5,8,11,14-16H,6-7,9-10,12-13H2,1-3H3. The first-order valence-electron chi connectivity index (χ1n) is 9.45. The number of amides is 1. The van der Waals surface area contributed by atoms with Gasteiger partial charge in [-0.05, 0) is 32.4 Å². The van der Waals surface area contributed by atoms with Gasteiger partial charge < -0.3 is 9.64 Å². The van der Waals surface area contributed by atoms with Crippen LogP contribution in [0.3, 0.4) is 0 Å². The molecule has 3 rings (SSSR count). The minimum absolute atomic E-state index is 0.219. The van der Waals surface area contributed by atoms with Crippen LogP contribution in [0.15, 0.2) is 29.9 Å². The summed E-state index contributed by atoms with van der Waals surface area (Å²) >= 11 is 1.60. The molecule has 0 spiro atoms. The number of thiazole rings is 1. The SMILES string of the molecule is COCCN1C(C)CN(C(=O)CCc2csc(-c3cccnc3)n2)CC1C. The molecular weight excluding hydrogens is 360 g/mol. The quantitative estimate of drug-likeness (QED) is 0.730. The summed E-state index contributed by atoms with van der Waals surface area (Å²) in [5, 5.41) is 3.00. The van der Waals surface area contributed by atoms with Gasteiger partial charge in [0, 0.05) is 68.6 Å². The number of rotatable bonds is 7. The van der Waals surface area contributed by atoms with Crippen molar-refractivity contribution in [1.29, 1.82) is 0 Å². The Balaban J connectivity index is 1.52. The van der Waals surface area contributed by atoms with E-state index in [1.807, 2.05) is 28.6 Å². The average Bonchev–Trinajstić information content (AvgIpc) is 3.15. The summed E-state index contributed by atoms with van der Waals surface area (Å²) in [4.78, 5) is 25.9. The highest BCUT2D eigenvalue weighted by Gasteiger charge is 2.31. The number of hydrogen-bond acceptors (Lipinski definition) is 6. The van der Waals surface area contributed by atoms with Crippen LogP contribution >= 0.6 is 11.3 Å². The number of methoxy groups -OCH3 is 1. The number of carbonyl (C=O) groups is 1. The molecule has 3 heterocycles. The highest BCUT2D eigenvalue weighted by molar-refractivity contribution is 7.13. The predicted molar refractivity (Wildman–Crippen MR) is 108 cm³/mol. The van der Waals surface area contributed by atoms with E-state index in [1.54, 1.807) is 24.6 Å². The second-order valence-corrected chi connectivity index (χ2v) is 7.97. The van der Waals surface area contributed by atoms with Crippen LogP contribution in [0.2, 0.25) is 0 Å². The maximum Gasteiger partial charge on any atom is 0.223 e. The van der Waals surface area contributed by atoms with Gasteiger partial charge in [-0.3, -0.25) is 14.7 Å². The lowest BCUT2D eigenvalue weighted by molar-refractivity contribution is -0.135. The predicted octanol–water partition coefficient (Wildman–Crippen LogP) is 2.71. The fraction of sp³-hybridized carbons (Fsp3) is 0.550. The van der Waals surface area contributed by atoms with Gasteiger partial charge in [-0.1, -0.05) is 0 Å². The average molecular weight is 389 g/mol. The lowest BCUT2D eigenvalue weighted by Gasteiger charge is -2.44. The van der Waals surface area contributed by atoms with Crippen molar-refractivity contribution in [3.63, 3.8) is 0 Å². The van der Waals surface area contributed by atoms with E-state index in [4.69, 9.17) is 4.74 Å². The Morgan fingerprint density at radius 3 is 2.78 bits per heavy atom. The minimum atomic E-state index is 0.219. The van der Waals surface area contributed by atoms with Gasteiger partial charge in [-0.2, -0.15) is 0 Å². The Morgan fingerprint density at radius 1 is 1.33 bits per heavy atom. The topological polar surface area (TPSA) is 58.6 Å². The lowest BCUT2D eigenvalue weighted by Crippen LogP contribution is -2.58. The van der Waals surface area contributed by atoms with Gasteiger partial charge in [-0.25, -0.2) is 4.98 Å². The zero-order chi connectivity index (χ0) is 19.2. The van der Waals surface area contributed by atoms with Crippen LogP contribution in [-0.4, -0.2) is 71.1 Å². The molecule has 0 bridgehead atoms. The second-order valence-electron chi connectivity index (χ2n) is 7.11. The minimum Gasteiger partial charge on any atom is -0.383 e. The van der Waals surface area contributed by atoms with Crippen molar-refractivity contribution in [2.24, 2.45) is 0 Å². The molecule has 7 heteroatoms. The van der Waals surface area contributed by atoms with Crippen molar-refractivity contribution < 1.29 is 9.53 Å². The Bertz CT molecular complexity index is 725. The van der Waals surface area contributed by atoms with Gasteiger partial charge in [-0.15, -0.1) is 11.3 Å². The first-order chi connectivity index (χ1) is 13.1. The summed E-state index contributed by atoms with van der Waals surface area (Å²) in [7, 11) is 1.73. The summed E-state index contributed by atoms with van der Waals surface area (Å²) < 4.78 is 5.20. The molecule has 2 atom stereocenters. The fourth-order valence-corrected chi connectivity index (χ4v) is 4.48. The molecule has 1 amide bonds. The third-order valence-corrected chi connectivity index (χ3v) is 6.00. The Hall–Kier alpha value is -1.83.